The molecule has 4 rings (SSSR count). The van der Waals surface area contributed by atoms with Gasteiger partial charge in [-0.15, -0.1) is 0 Å². The first-order valence-electron chi connectivity index (χ1n) is 9.99. The molecule has 1 atom stereocenters. The minimum Gasteiger partial charge on any atom is -0.497 e. The molecule has 0 aromatic heterocycles. The number of hydrogen-bond donors (Lipinski definition) is 1. The molecule has 0 bridgehead atoms. The van der Waals surface area contributed by atoms with Gasteiger partial charge in [0.05, 0.1) is 7.11 Å². The fourth-order valence-corrected chi connectivity index (χ4v) is 3.76. The van der Waals surface area contributed by atoms with Gasteiger partial charge in [0.1, 0.15) is 11.8 Å². The lowest BCUT2D eigenvalue weighted by molar-refractivity contribution is -0.125. The third-order valence-electron chi connectivity index (χ3n) is 5.43. The summed E-state index contributed by atoms with van der Waals surface area (Å²) in [5, 5.41) is 3.01. The van der Waals surface area contributed by atoms with Crippen molar-refractivity contribution < 1.29 is 14.3 Å². The summed E-state index contributed by atoms with van der Waals surface area (Å²) in [5.74, 6) is 0.523. The number of carbonyl (C=O) groups is 2. The van der Waals surface area contributed by atoms with Gasteiger partial charge in [0, 0.05) is 25.1 Å². The predicted octanol–water partition coefficient (Wildman–Crippen LogP) is 3.58. The summed E-state index contributed by atoms with van der Waals surface area (Å²) in [6, 6.07) is 24.3. The second-order valence-electron chi connectivity index (χ2n) is 7.36. The van der Waals surface area contributed by atoms with Gasteiger partial charge in [-0.05, 0) is 34.9 Å². The van der Waals surface area contributed by atoms with Gasteiger partial charge in [0.15, 0.2) is 0 Å². The summed E-state index contributed by atoms with van der Waals surface area (Å²) in [4.78, 5) is 27.9. The number of ether oxygens (including phenoxy) is 1. The van der Waals surface area contributed by atoms with Crippen molar-refractivity contribution in [2.24, 2.45) is 0 Å². The maximum atomic E-state index is 13.2. The number of fused-ring (bicyclic) bond motifs is 1. The standard InChI is InChI=1S/C25H24N2O3/c1-30-21-13-11-19(12-14-21)16-26-24(28)23(15-18-7-3-2-4-8-18)27-17-20-9-5-6-10-22(20)25(27)29/h2-14,23H,15-17H2,1H3,(H,26,28)/t23-/m0/s1. The first-order valence-corrected chi connectivity index (χ1v) is 9.99. The largest absolute Gasteiger partial charge is 0.497 e. The van der Waals surface area contributed by atoms with Crippen LogP contribution in [0.1, 0.15) is 27.0 Å². The van der Waals surface area contributed by atoms with Crippen molar-refractivity contribution in [3.8, 4) is 5.75 Å². The van der Waals surface area contributed by atoms with E-state index in [-0.39, 0.29) is 11.8 Å². The van der Waals surface area contributed by atoms with Gasteiger partial charge >= 0.3 is 0 Å². The third kappa shape index (κ3) is 4.20. The van der Waals surface area contributed by atoms with Crippen LogP contribution in [-0.2, 0) is 24.3 Å². The number of nitrogens with zero attached hydrogens (tertiary/aromatic N) is 1. The minimum atomic E-state index is -0.578. The third-order valence-corrected chi connectivity index (χ3v) is 5.43. The molecular weight excluding hydrogens is 376 g/mol. The Morgan fingerprint density at radius 1 is 0.967 bits per heavy atom. The van der Waals surface area contributed by atoms with E-state index in [1.165, 1.54) is 0 Å². The predicted molar refractivity (Wildman–Crippen MR) is 115 cm³/mol. The van der Waals surface area contributed by atoms with Crippen LogP contribution in [0.3, 0.4) is 0 Å². The zero-order valence-corrected chi connectivity index (χ0v) is 16.9. The highest BCUT2D eigenvalue weighted by molar-refractivity contribution is 6.01. The Labute approximate surface area is 176 Å². The van der Waals surface area contributed by atoms with Crippen molar-refractivity contribution >= 4 is 11.8 Å². The monoisotopic (exact) mass is 400 g/mol. The van der Waals surface area contributed by atoms with E-state index >= 15 is 0 Å². The van der Waals surface area contributed by atoms with Crippen LogP contribution in [0.4, 0.5) is 0 Å². The Bertz CT molecular complexity index is 1030. The van der Waals surface area contributed by atoms with Crippen molar-refractivity contribution in [3.63, 3.8) is 0 Å². The number of carbonyl (C=O) groups excluding carboxylic acids is 2. The molecule has 1 N–H and O–H groups in total. The van der Waals surface area contributed by atoms with Crippen LogP contribution >= 0.6 is 0 Å². The van der Waals surface area contributed by atoms with E-state index in [1.807, 2.05) is 78.9 Å². The molecule has 0 saturated carbocycles. The first kappa shape index (κ1) is 19.7. The molecule has 1 heterocycles. The van der Waals surface area contributed by atoms with Crippen molar-refractivity contribution in [1.29, 1.82) is 0 Å². The minimum absolute atomic E-state index is 0.0915. The summed E-state index contributed by atoms with van der Waals surface area (Å²) in [6.45, 7) is 0.839. The Kier molecular flexibility index (Phi) is 5.80. The molecule has 0 aliphatic carbocycles. The molecule has 1 aliphatic rings. The second-order valence-corrected chi connectivity index (χ2v) is 7.36. The van der Waals surface area contributed by atoms with Crippen LogP contribution in [0.15, 0.2) is 78.9 Å². The van der Waals surface area contributed by atoms with Crippen LogP contribution in [0.5, 0.6) is 5.75 Å². The SMILES string of the molecule is COc1ccc(CNC(=O)[C@H](Cc2ccccc2)N2Cc3ccccc3C2=O)cc1. The van der Waals surface area contributed by atoms with Gasteiger partial charge < -0.3 is 15.0 Å². The average Bonchev–Trinajstić information content (AvgIpc) is 3.13. The zero-order chi connectivity index (χ0) is 20.9. The molecule has 2 amide bonds. The van der Waals surface area contributed by atoms with E-state index in [4.69, 9.17) is 4.74 Å². The van der Waals surface area contributed by atoms with Crippen LogP contribution < -0.4 is 10.1 Å². The summed E-state index contributed by atoms with van der Waals surface area (Å²) in [6.07, 6.45) is 0.467. The smallest absolute Gasteiger partial charge is 0.255 e. The lowest BCUT2D eigenvalue weighted by atomic mass is 10.0. The number of amides is 2. The molecule has 0 saturated heterocycles. The van der Waals surface area contributed by atoms with Gasteiger partial charge in [-0.2, -0.15) is 0 Å². The summed E-state index contributed by atoms with van der Waals surface area (Å²) in [5.41, 5.74) is 3.63. The van der Waals surface area contributed by atoms with Crippen molar-refractivity contribution in [2.45, 2.75) is 25.6 Å². The van der Waals surface area contributed by atoms with Gasteiger partial charge in [-0.3, -0.25) is 9.59 Å². The fraction of sp³-hybridized carbons (Fsp3) is 0.200. The summed E-state index contributed by atoms with van der Waals surface area (Å²) >= 11 is 0. The maximum absolute atomic E-state index is 13.2. The van der Waals surface area contributed by atoms with Gasteiger partial charge in [0.25, 0.3) is 5.91 Å². The number of rotatable bonds is 7. The highest BCUT2D eigenvalue weighted by atomic mass is 16.5. The Balaban J connectivity index is 1.52. The van der Waals surface area contributed by atoms with Crippen molar-refractivity contribution in [1.82, 2.24) is 10.2 Å². The average molecular weight is 400 g/mol. The topological polar surface area (TPSA) is 58.6 Å². The molecule has 1 aliphatic heterocycles. The molecule has 152 valence electrons. The Morgan fingerprint density at radius 2 is 1.67 bits per heavy atom. The highest BCUT2D eigenvalue weighted by Crippen LogP contribution is 2.26. The number of methoxy groups -OCH3 is 1. The molecule has 0 spiro atoms. The van der Waals surface area contributed by atoms with Gasteiger partial charge in [0.2, 0.25) is 5.91 Å². The van der Waals surface area contributed by atoms with Gasteiger partial charge in [-0.1, -0.05) is 60.7 Å². The molecule has 0 unspecified atom stereocenters. The van der Waals surface area contributed by atoms with E-state index in [9.17, 15) is 9.59 Å². The van der Waals surface area contributed by atoms with E-state index < -0.39 is 6.04 Å². The van der Waals surface area contributed by atoms with E-state index in [2.05, 4.69) is 5.32 Å². The molecule has 5 heteroatoms. The zero-order valence-electron chi connectivity index (χ0n) is 16.9. The van der Waals surface area contributed by atoms with Gasteiger partial charge in [-0.25, -0.2) is 0 Å². The van der Waals surface area contributed by atoms with E-state index in [1.54, 1.807) is 12.0 Å². The molecule has 3 aromatic rings. The van der Waals surface area contributed by atoms with Crippen molar-refractivity contribution in [2.75, 3.05) is 7.11 Å². The summed E-state index contributed by atoms with van der Waals surface area (Å²) in [7, 11) is 1.62. The number of hydrogen-bond acceptors (Lipinski definition) is 3. The van der Waals surface area contributed by atoms with Crippen molar-refractivity contribution in [3.05, 3.63) is 101 Å². The van der Waals surface area contributed by atoms with E-state index in [0.717, 1.165) is 22.4 Å². The Morgan fingerprint density at radius 3 is 2.37 bits per heavy atom. The Hall–Kier alpha value is -3.60. The highest BCUT2D eigenvalue weighted by Gasteiger charge is 2.36. The molecule has 30 heavy (non-hydrogen) atoms. The first-order chi connectivity index (χ1) is 14.7. The molecule has 3 aromatic carbocycles. The normalized spacial score (nSPS) is 13.6. The lowest BCUT2D eigenvalue weighted by Gasteiger charge is -2.27. The molecule has 0 radical (unpaired) electrons. The van der Waals surface area contributed by atoms with E-state index in [0.29, 0.717) is 25.1 Å². The molecule has 0 fully saturated rings. The quantitative estimate of drug-likeness (QED) is 0.660. The second kappa shape index (κ2) is 8.82. The lowest BCUT2D eigenvalue weighted by Crippen LogP contribution is -2.48. The fourth-order valence-electron chi connectivity index (χ4n) is 3.76. The van der Waals surface area contributed by atoms with Crippen LogP contribution in [-0.4, -0.2) is 29.9 Å². The van der Waals surface area contributed by atoms with Crippen LogP contribution in [0.2, 0.25) is 0 Å². The molecular formula is C25H24N2O3. The maximum Gasteiger partial charge on any atom is 0.255 e. The number of benzene rings is 3. The van der Waals surface area contributed by atoms with Crippen LogP contribution in [0, 0.1) is 0 Å². The summed E-state index contributed by atoms with van der Waals surface area (Å²) < 4.78 is 5.18. The molecule has 5 nitrogen and oxygen atoms in total. The number of nitrogens with one attached hydrogen (secondary N) is 1. The van der Waals surface area contributed by atoms with Crippen LogP contribution in [0.25, 0.3) is 0 Å².